The first kappa shape index (κ1) is 10.3. The Balaban J connectivity index is 3.63. The molecule has 0 aromatic carbocycles. The molecule has 6 N–H and O–H groups in total. The highest BCUT2D eigenvalue weighted by molar-refractivity contribution is 5.73. The van der Waals surface area contributed by atoms with Gasteiger partial charge < -0.3 is 21.7 Å². The van der Waals surface area contributed by atoms with Gasteiger partial charge in [-0.15, -0.1) is 0 Å². The quantitative estimate of drug-likeness (QED) is 0.393. The fourth-order valence-corrected chi connectivity index (χ4v) is 0.671. The summed E-state index contributed by atoms with van der Waals surface area (Å²) in [5.74, 6) is -1.19. The molecule has 0 fully saturated rings. The largest absolute Gasteiger partial charge is 0.480 e. The molecule has 0 aromatic heterocycles. The van der Waals surface area contributed by atoms with E-state index in [1.165, 1.54) is 0 Å². The van der Waals surface area contributed by atoms with Crippen LogP contribution in [-0.4, -0.2) is 34.9 Å². The zero-order valence-corrected chi connectivity index (χ0v) is 6.23. The fourth-order valence-electron chi connectivity index (χ4n) is 0.671. The zero-order chi connectivity index (χ0) is 8.85. The lowest BCUT2D eigenvalue weighted by atomic mass is 10.1. The summed E-state index contributed by atoms with van der Waals surface area (Å²) in [4.78, 5) is 10.2. The van der Waals surface area contributed by atoms with Crippen LogP contribution in [0.25, 0.3) is 0 Å². The molecule has 0 saturated heterocycles. The van der Waals surface area contributed by atoms with Crippen molar-refractivity contribution in [2.75, 3.05) is 6.54 Å². The number of aliphatic carboxylic acids is 1. The molecule has 2 atom stereocenters. The van der Waals surface area contributed by atoms with Crippen molar-refractivity contribution in [3.63, 3.8) is 0 Å². The number of aliphatic hydroxyl groups excluding tert-OH is 1. The first-order chi connectivity index (χ1) is 5.09. The maximum Gasteiger partial charge on any atom is 0.323 e. The van der Waals surface area contributed by atoms with Gasteiger partial charge in [-0.1, -0.05) is 0 Å². The smallest absolute Gasteiger partial charge is 0.323 e. The van der Waals surface area contributed by atoms with Crippen LogP contribution in [0.2, 0.25) is 0 Å². The minimum atomic E-state index is -1.19. The van der Waals surface area contributed by atoms with Gasteiger partial charge in [0.15, 0.2) is 0 Å². The summed E-state index contributed by atoms with van der Waals surface area (Å²) < 4.78 is 0. The van der Waals surface area contributed by atoms with Crippen LogP contribution >= 0.6 is 0 Å². The summed E-state index contributed by atoms with van der Waals surface area (Å²) in [6, 6.07) is -1.19. The van der Waals surface area contributed by atoms with E-state index in [0.29, 0.717) is 19.4 Å². The lowest BCUT2D eigenvalue weighted by Gasteiger charge is -2.13. The first-order valence-electron chi connectivity index (χ1n) is 3.46. The molecular formula is C6H14N2O3. The molecule has 11 heavy (non-hydrogen) atoms. The van der Waals surface area contributed by atoms with E-state index in [2.05, 4.69) is 0 Å². The third kappa shape index (κ3) is 3.92. The zero-order valence-electron chi connectivity index (χ0n) is 6.23. The lowest BCUT2D eigenvalue weighted by molar-refractivity contribution is -0.141. The van der Waals surface area contributed by atoms with Crippen molar-refractivity contribution in [3.05, 3.63) is 0 Å². The maximum atomic E-state index is 10.2. The van der Waals surface area contributed by atoms with Gasteiger partial charge in [-0.2, -0.15) is 0 Å². The van der Waals surface area contributed by atoms with Gasteiger partial charge in [0.25, 0.3) is 0 Å². The van der Waals surface area contributed by atoms with E-state index < -0.39 is 18.1 Å². The molecule has 0 bridgehead atoms. The van der Waals surface area contributed by atoms with E-state index in [4.69, 9.17) is 21.7 Å². The van der Waals surface area contributed by atoms with Gasteiger partial charge in [-0.25, -0.2) is 0 Å². The highest BCUT2D eigenvalue weighted by atomic mass is 16.4. The summed E-state index contributed by atoms with van der Waals surface area (Å²) in [6.45, 7) is 0.434. The molecule has 0 rings (SSSR count). The van der Waals surface area contributed by atoms with Crippen molar-refractivity contribution in [2.45, 2.75) is 25.0 Å². The molecule has 0 saturated carbocycles. The van der Waals surface area contributed by atoms with Gasteiger partial charge in [-0.3, -0.25) is 4.79 Å². The predicted molar refractivity (Wildman–Crippen MR) is 39.9 cm³/mol. The minimum absolute atomic E-state index is 0.337. The van der Waals surface area contributed by atoms with Crippen molar-refractivity contribution < 1.29 is 15.0 Å². The lowest BCUT2D eigenvalue weighted by Crippen LogP contribution is -2.41. The maximum absolute atomic E-state index is 10.2. The van der Waals surface area contributed by atoms with Crippen LogP contribution in [0.4, 0.5) is 0 Å². The second-order valence-electron chi connectivity index (χ2n) is 2.36. The van der Waals surface area contributed by atoms with Crippen LogP contribution in [-0.2, 0) is 4.79 Å². The van der Waals surface area contributed by atoms with E-state index in [1.807, 2.05) is 0 Å². The molecule has 0 unspecified atom stereocenters. The fraction of sp³-hybridized carbons (Fsp3) is 0.833. The Bertz CT molecular complexity index is 129. The Labute approximate surface area is 65.0 Å². The van der Waals surface area contributed by atoms with Crippen LogP contribution in [0.3, 0.4) is 0 Å². The predicted octanol–water partition coefficient (Wildman–Crippen LogP) is -1.50. The van der Waals surface area contributed by atoms with Crippen molar-refractivity contribution in [3.8, 4) is 0 Å². The SMILES string of the molecule is NCCC[C@@H](O)[C@@H](N)C(=O)O. The first-order valence-corrected chi connectivity index (χ1v) is 3.46. The van der Waals surface area contributed by atoms with E-state index >= 15 is 0 Å². The number of carboxylic acids is 1. The monoisotopic (exact) mass is 162 g/mol. The number of nitrogens with two attached hydrogens (primary N) is 2. The van der Waals surface area contributed by atoms with E-state index in [9.17, 15) is 4.79 Å². The van der Waals surface area contributed by atoms with E-state index in [-0.39, 0.29) is 0 Å². The average Bonchev–Trinajstić information content (AvgIpc) is 1.98. The summed E-state index contributed by atoms with van der Waals surface area (Å²) in [5.41, 5.74) is 10.3. The van der Waals surface area contributed by atoms with Gasteiger partial charge in [0.2, 0.25) is 0 Å². The molecule has 5 nitrogen and oxygen atoms in total. The standard InChI is InChI=1S/C6H14N2O3/c7-3-1-2-4(9)5(8)6(10)11/h4-5,9H,1-3,7-8H2,(H,10,11)/t4-,5-/m1/s1. The molecular weight excluding hydrogens is 148 g/mol. The molecule has 0 radical (unpaired) electrons. The summed E-state index contributed by atoms with van der Waals surface area (Å²) in [7, 11) is 0. The molecule has 0 amide bonds. The van der Waals surface area contributed by atoms with Crippen LogP contribution in [0.5, 0.6) is 0 Å². The van der Waals surface area contributed by atoms with Crippen molar-refractivity contribution in [1.82, 2.24) is 0 Å². The molecule has 0 aliphatic heterocycles. The van der Waals surface area contributed by atoms with Gasteiger partial charge in [0, 0.05) is 0 Å². The van der Waals surface area contributed by atoms with Crippen LogP contribution < -0.4 is 11.5 Å². The van der Waals surface area contributed by atoms with Gasteiger partial charge >= 0.3 is 5.97 Å². The van der Waals surface area contributed by atoms with E-state index in [0.717, 1.165) is 0 Å². The normalized spacial score (nSPS) is 15.9. The van der Waals surface area contributed by atoms with Gasteiger partial charge in [-0.05, 0) is 19.4 Å². The average molecular weight is 162 g/mol. The van der Waals surface area contributed by atoms with Crippen molar-refractivity contribution >= 4 is 5.97 Å². The molecule has 5 heteroatoms. The second kappa shape index (κ2) is 5.06. The number of rotatable bonds is 5. The molecule has 0 aliphatic rings. The summed E-state index contributed by atoms with van der Waals surface area (Å²) >= 11 is 0. The molecule has 0 aromatic rings. The third-order valence-electron chi connectivity index (χ3n) is 1.40. The Morgan fingerprint density at radius 1 is 1.55 bits per heavy atom. The van der Waals surface area contributed by atoms with Crippen LogP contribution in [0.1, 0.15) is 12.8 Å². The van der Waals surface area contributed by atoms with Crippen molar-refractivity contribution in [2.24, 2.45) is 11.5 Å². The van der Waals surface area contributed by atoms with Crippen LogP contribution in [0, 0.1) is 0 Å². The molecule has 0 aliphatic carbocycles. The second-order valence-corrected chi connectivity index (χ2v) is 2.36. The Kier molecular flexibility index (Phi) is 4.76. The molecule has 0 heterocycles. The number of hydrogen-bond donors (Lipinski definition) is 4. The van der Waals surface area contributed by atoms with E-state index in [1.54, 1.807) is 0 Å². The number of carbonyl (C=O) groups is 1. The Morgan fingerprint density at radius 2 is 2.09 bits per heavy atom. The Hall–Kier alpha value is -0.650. The number of carboxylic acid groups (broad SMARTS) is 1. The molecule has 66 valence electrons. The Morgan fingerprint density at radius 3 is 2.45 bits per heavy atom. The topological polar surface area (TPSA) is 110 Å². The van der Waals surface area contributed by atoms with Crippen molar-refractivity contribution in [1.29, 1.82) is 0 Å². The molecule has 0 spiro atoms. The third-order valence-corrected chi connectivity index (χ3v) is 1.40. The highest BCUT2D eigenvalue weighted by Gasteiger charge is 2.20. The van der Waals surface area contributed by atoms with Gasteiger partial charge in [0.1, 0.15) is 6.04 Å². The highest BCUT2D eigenvalue weighted by Crippen LogP contribution is 1.99. The minimum Gasteiger partial charge on any atom is -0.480 e. The van der Waals surface area contributed by atoms with Gasteiger partial charge in [0.05, 0.1) is 6.10 Å². The number of aliphatic hydroxyl groups is 1. The number of hydrogen-bond acceptors (Lipinski definition) is 4. The summed E-state index contributed by atoms with van der Waals surface area (Å²) in [5, 5.41) is 17.4. The summed E-state index contributed by atoms with van der Waals surface area (Å²) in [6.07, 6.45) is -0.0670. The van der Waals surface area contributed by atoms with Crippen LogP contribution in [0.15, 0.2) is 0 Å².